The lowest BCUT2D eigenvalue weighted by Crippen LogP contribution is -2.01. The van der Waals surface area contributed by atoms with Crippen molar-refractivity contribution in [1.29, 1.82) is 0 Å². The molecular weight excluding hydrogens is 468 g/mol. The Bertz CT molecular complexity index is 1780. The molecule has 38 heavy (non-hydrogen) atoms. The first kappa shape index (κ1) is 23.9. The zero-order valence-corrected chi connectivity index (χ0v) is 22.0. The summed E-state index contributed by atoms with van der Waals surface area (Å²) >= 11 is 0. The minimum atomic E-state index is 0.759. The number of benzene rings is 6. The third-order valence-corrected chi connectivity index (χ3v) is 7.51. The molecule has 0 bridgehead atoms. The van der Waals surface area contributed by atoms with Crippen LogP contribution in [0.3, 0.4) is 0 Å². The Balaban J connectivity index is 1.51. The van der Waals surface area contributed by atoms with Gasteiger partial charge in [-0.3, -0.25) is 0 Å². The van der Waals surface area contributed by atoms with Gasteiger partial charge in [-0.25, -0.2) is 0 Å². The van der Waals surface area contributed by atoms with E-state index in [0.29, 0.717) is 0 Å². The summed E-state index contributed by atoms with van der Waals surface area (Å²) in [5.74, 6) is 2.72. The van der Waals surface area contributed by atoms with Crippen molar-refractivity contribution < 1.29 is 14.2 Å². The lowest BCUT2D eigenvalue weighted by Gasteiger charge is -2.18. The van der Waals surface area contributed by atoms with Crippen LogP contribution in [0.4, 0.5) is 0 Å². The fraction of sp³-hybridized carbons (Fsp3) is 0.143. The molecule has 0 amide bonds. The zero-order valence-electron chi connectivity index (χ0n) is 22.0. The molecule has 3 nitrogen and oxygen atoms in total. The number of fused-ring (bicyclic) bond motifs is 3. The Morgan fingerprint density at radius 1 is 0.395 bits per heavy atom. The van der Waals surface area contributed by atoms with Crippen LogP contribution in [-0.4, -0.2) is 21.3 Å². The van der Waals surface area contributed by atoms with Gasteiger partial charge < -0.3 is 14.2 Å². The summed E-state index contributed by atoms with van der Waals surface area (Å²) in [6.07, 6.45) is 1.57. The highest BCUT2D eigenvalue weighted by atomic mass is 16.5. The number of rotatable bonds is 7. The van der Waals surface area contributed by atoms with Crippen LogP contribution >= 0.6 is 0 Å². The van der Waals surface area contributed by atoms with Crippen molar-refractivity contribution >= 4 is 32.3 Å². The fourth-order valence-electron chi connectivity index (χ4n) is 5.75. The van der Waals surface area contributed by atoms with Crippen molar-refractivity contribution in [3.8, 4) is 17.2 Å². The summed E-state index contributed by atoms with van der Waals surface area (Å²) in [4.78, 5) is 0. The molecule has 188 valence electrons. The van der Waals surface area contributed by atoms with Crippen molar-refractivity contribution in [2.75, 3.05) is 21.3 Å². The van der Waals surface area contributed by atoms with E-state index in [9.17, 15) is 0 Å². The molecule has 0 aliphatic rings. The molecule has 0 aliphatic carbocycles. The van der Waals surface area contributed by atoms with Gasteiger partial charge in [0.25, 0.3) is 0 Å². The van der Waals surface area contributed by atoms with Gasteiger partial charge in [-0.05, 0) is 57.0 Å². The van der Waals surface area contributed by atoms with E-state index >= 15 is 0 Å². The zero-order chi connectivity index (χ0) is 26.1. The van der Waals surface area contributed by atoms with E-state index in [1.54, 1.807) is 21.3 Å². The van der Waals surface area contributed by atoms with Gasteiger partial charge in [0.1, 0.15) is 17.2 Å². The molecule has 6 rings (SSSR count). The van der Waals surface area contributed by atoms with Crippen LogP contribution in [0.25, 0.3) is 32.3 Å². The van der Waals surface area contributed by atoms with E-state index < -0.39 is 0 Å². The van der Waals surface area contributed by atoms with Gasteiger partial charge in [0.15, 0.2) is 0 Å². The van der Waals surface area contributed by atoms with Crippen LogP contribution in [-0.2, 0) is 12.8 Å². The molecule has 0 saturated carbocycles. The van der Waals surface area contributed by atoms with Crippen LogP contribution in [0.2, 0.25) is 0 Å². The number of methoxy groups -OCH3 is 3. The van der Waals surface area contributed by atoms with Crippen molar-refractivity contribution in [2.24, 2.45) is 0 Å². The summed E-state index contributed by atoms with van der Waals surface area (Å²) in [7, 11) is 5.23. The summed E-state index contributed by atoms with van der Waals surface area (Å²) in [6, 6.07) is 36.3. The molecule has 0 N–H and O–H groups in total. The third-order valence-electron chi connectivity index (χ3n) is 7.51. The molecule has 0 spiro atoms. The maximum atomic E-state index is 6.05. The van der Waals surface area contributed by atoms with Crippen LogP contribution < -0.4 is 14.2 Å². The lowest BCUT2D eigenvalue weighted by atomic mass is 9.90. The summed E-state index contributed by atoms with van der Waals surface area (Å²) in [5, 5.41) is 7.03. The van der Waals surface area contributed by atoms with Gasteiger partial charge in [0.05, 0.1) is 21.3 Å². The first-order chi connectivity index (χ1) is 18.7. The van der Waals surface area contributed by atoms with Crippen molar-refractivity contribution in [2.45, 2.75) is 12.8 Å². The fourth-order valence-corrected chi connectivity index (χ4v) is 5.75. The molecule has 0 atom stereocenters. The Morgan fingerprint density at radius 2 is 0.816 bits per heavy atom. The average Bonchev–Trinajstić information content (AvgIpc) is 2.97. The van der Waals surface area contributed by atoms with Crippen molar-refractivity contribution in [3.63, 3.8) is 0 Å². The molecule has 6 aromatic rings. The third kappa shape index (κ3) is 4.10. The molecule has 0 fully saturated rings. The Hall–Kier alpha value is -4.50. The predicted octanol–water partition coefficient (Wildman–Crippen LogP) is 8.35. The van der Waals surface area contributed by atoms with Gasteiger partial charge in [-0.2, -0.15) is 0 Å². The highest BCUT2D eigenvalue weighted by molar-refractivity contribution is 5.96. The van der Waals surface area contributed by atoms with Gasteiger partial charge in [-0.1, -0.05) is 91.0 Å². The molecule has 0 heterocycles. The monoisotopic (exact) mass is 498 g/mol. The Morgan fingerprint density at radius 3 is 1.29 bits per heavy atom. The molecule has 0 aliphatic heterocycles. The summed E-state index contributed by atoms with van der Waals surface area (Å²) in [6.45, 7) is 0. The number of hydrogen-bond donors (Lipinski definition) is 0. The second-order valence-corrected chi connectivity index (χ2v) is 9.57. The minimum Gasteiger partial charge on any atom is -0.496 e. The van der Waals surface area contributed by atoms with Gasteiger partial charge >= 0.3 is 0 Å². The van der Waals surface area contributed by atoms with E-state index in [4.69, 9.17) is 14.2 Å². The van der Waals surface area contributed by atoms with Crippen LogP contribution in [0.5, 0.6) is 17.2 Å². The maximum Gasteiger partial charge on any atom is 0.130 e. The van der Waals surface area contributed by atoms with Crippen LogP contribution in [0.1, 0.15) is 22.3 Å². The average molecular weight is 499 g/mol. The first-order valence-electron chi connectivity index (χ1n) is 12.9. The summed E-state index contributed by atoms with van der Waals surface area (Å²) in [5.41, 5.74) is 4.98. The van der Waals surface area contributed by atoms with E-state index in [1.165, 1.54) is 38.4 Å². The maximum absolute atomic E-state index is 6.05. The first-order valence-corrected chi connectivity index (χ1v) is 12.9. The highest BCUT2D eigenvalue weighted by Crippen LogP contribution is 2.38. The van der Waals surface area contributed by atoms with Crippen molar-refractivity contribution in [3.05, 3.63) is 125 Å². The second-order valence-electron chi connectivity index (χ2n) is 9.57. The Labute approximate surface area is 223 Å². The molecule has 6 aromatic carbocycles. The van der Waals surface area contributed by atoms with Crippen molar-refractivity contribution in [1.82, 2.24) is 0 Å². The standard InChI is InChI=1S/C35H30O3/c1-36-33-18-16-23(27-10-4-7-13-30(27)33)20-25-22-26(35(38-3)32-15-9-6-12-29(25)32)21-24-17-19-34(37-2)31-14-8-5-11-28(24)31/h4-19,22H,20-21H2,1-3H3. The topological polar surface area (TPSA) is 27.7 Å². The van der Waals surface area contributed by atoms with Crippen LogP contribution in [0.15, 0.2) is 103 Å². The largest absolute Gasteiger partial charge is 0.496 e. The second kappa shape index (κ2) is 10.1. The predicted molar refractivity (Wildman–Crippen MR) is 157 cm³/mol. The SMILES string of the molecule is COc1ccc(Cc2cc(Cc3ccc(OC)c4ccccc34)c3ccccc3c2OC)c2ccccc12. The summed E-state index contributed by atoms with van der Waals surface area (Å²) < 4.78 is 17.3. The molecule has 0 radical (unpaired) electrons. The Kier molecular flexibility index (Phi) is 6.35. The number of hydrogen-bond acceptors (Lipinski definition) is 3. The van der Waals surface area contributed by atoms with Gasteiger partial charge in [0.2, 0.25) is 0 Å². The van der Waals surface area contributed by atoms with E-state index in [-0.39, 0.29) is 0 Å². The normalized spacial score (nSPS) is 11.2. The van der Waals surface area contributed by atoms with Gasteiger partial charge in [0, 0.05) is 22.6 Å². The molecule has 0 unspecified atom stereocenters. The quantitative estimate of drug-likeness (QED) is 0.221. The number of ether oxygens (including phenoxy) is 3. The highest BCUT2D eigenvalue weighted by Gasteiger charge is 2.16. The molecule has 0 saturated heterocycles. The molecule has 0 aromatic heterocycles. The minimum absolute atomic E-state index is 0.759. The van der Waals surface area contributed by atoms with E-state index in [2.05, 4.69) is 103 Å². The van der Waals surface area contributed by atoms with Gasteiger partial charge in [-0.15, -0.1) is 0 Å². The van der Waals surface area contributed by atoms with E-state index in [1.807, 2.05) is 0 Å². The lowest BCUT2D eigenvalue weighted by molar-refractivity contribution is 0.415. The smallest absolute Gasteiger partial charge is 0.130 e. The van der Waals surface area contributed by atoms with Crippen LogP contribution in [0, 0.1) is 0 Å². The molecule has 3 heteroatoms. The van der Waals surface area contributed by atoms with E-state index in [0.717, 1.165) is 46.2 Å². The molecular formula is C35H30O3.